The molecular weight excluding hydrogens is 430 g/mol. The van der Waals surface area contributed by atoms with Crippen LogP contribution in [0, 0.1) is 13.8 Å². The molecule has 0 radical (unpaired) electrons. The maximum absolute atomic E-state index is 12.9. The SMILES string of the molecule is Cc1cc(C)cc(CCCCNC(=O)Nc2ccc3c(c2)N(C)C(=O)c2ccccc2S3)c1. The molecule has 0 saturated carbocycles. The number of rotatable bonds is 6. The van der Waals surface area contributed by atoms with Crippen LogP contribution in [0.2, 0.25) is 0 Å². The number of hydrogen-bond donors (Lipinski definition) is 2. The lowest BCUT2D eigenvalue weighted by molar-refractivity contribution is 0.0990. The Balaban J connectivity index is 1.31. The Labute approximate surface area is 199 Å². The number of aryl methyl sites for hydroxylation is 3. The summed E-state index contributed by atoms with van der Waals surface area (Å²) in [5, 5.41) is 5.83. The van der Waals surface area contributed by atoms with Crippen LogP contribution in [0.5, 0.6) is 0 Å². The molecule has 0 saturated heterocycles. The van der Waals surface area contributed by atoms with E-state index in [1.165, 1.54) is 16.7 Å². The third-order valence-electron chi connectivity index (χ3n) is 5.68. The van der Waals surface area contributed by atoms with Crippen molar-refractivity contribution in [3.05, 3.63) is 82.9 Å². The lowest BCUT2D eigenvalue weighted by Gasteiger charge is -2.18. The van der Waals surface area contributed by atoms with Gasteiger partial charge in [0.15, 0.2) is 0 Å². The molecule has 33 heavy (non-hydrogen) atoms. The summed E-state index contributed by atoms with van der Waals surface area (Å²) in [7, 11) is 1.77. The van der Waals surface area contributed by atoms with Crippen LogP contribution in [-0.4, -0.2) is 25.5 Å². The fourth-order valence-corrected chi connectivity index (χ4v) is 5.21. The summed E-state index contributed by atoms with van der Waals surface area (Å²) in [4.78, 5) is 28.8. The minimum atomic E-state index is -0.236. The van der Waals surface area contributed by atoms with Gasteiger partial charge in [-0.05, 0) is 69.0 Å². The lowest BCUT2D eigenvalue weighted by Crippen LogP contribution is -2.30. The van der Waals surface area contributed by atoms with E-state index in [0.717, 1.165) is 34.7 Å². The van der Waals surface area contributed by atoms with Gasteiger partial charge in [0, 0.05) is 29.1 Å². The first-order valence-corrected chi connectivity index (χ1v) is 12.0. The smallest absolute Gasteiger partial charge is 0.319 e. The first-order valence-electron chi connectivity index (χ1n) is 11.2. The number of benzene rings is 3. The van der Waals surface area contributed by atoms with Crippen molar-refractivity contribution >= 4 is 35.1 Å². The molecule has 1 heterocycles. The molecule has 1 aliphatic heterocycles. The third-order valence-corrected chi connectivity index (χ3v) is 6.82. The minimum Gasteiger partial charge on any atom is -0.338 e. The van der Waals surface area contributed by atoms with E-state index in [2.05, 4.69) is 42.7 Å². The highest BCUT2D eigenvalue weighted by atomic mass is 32.2. The number of fused-ring (bicyclic) bond motifs is 2. The number of anilines is 2. The first-order chi connectivity index (χ1) is 15.9. The normalized spacial score (nSPS) is 12.6. The molecule has 0 atom stereocenters. The van der Waals surface area contributed by atoms with E-state index < -0.39 is 0 Å². The van der Waals surface area contributed by atoms with Gasteiger partial charge in [0.2, 0.25) is 0 Å². The Kier molecular flexibility index (Phi) is 7.04. The van der Waals surface area contributed by atoms with Crippen LogP contribution in [-0.2, 0) is 6.42 Å². The number of urea groups is 1. The maximum Gasteiger partial charge on any atom is 0.319 e. The monoisotopic (exact) mass is 459 g/mol. The Hall–Kier alpha value is -3.25. The van der Waals surface area contributed by atoms with Crippen LogP contribution in [0.25, 0.3) is 0 Å². The summed E-state index contributed by atoms with van der Waals surface area (Å²) in [6, 6.07) is 19.7. The van der Waals surface area contributed by atoms with E-state index in [1.807, 2.05) is 42.5 Å². The Bertz CT molecular complexity index is 1170. The molecular formula is C27H29N3O2S. The molecule has 4 rings (SSSR count). The van der Waals surface area contributed by atoms with Crippen molar-refractivity contribution < 1.29 is 9.59 Å². The zero-order valence-electron chi connectivity index (χ0n) is 19.3. The van der Waals surface area contributed by atoms with Gasteiger partial charge in [0.05, 0.1) is 11.3 Å². The predicted octanol–water partition coefficient (Wildman–Crippen LogP) is 6.19. The molecule has 5 nitrogen and oxygen atoms in total. The minimum absolute atomic E-state index is 0.0535. The van der Waals surface area contributed by atoms with Gasteiger partial charge in [-0.15, -0.1) is 0 Å². The van der Waals surface area contributed by atoms with Crippen LogP contribution in [0.1, 0.15) is 39.9 Å². The van der Waals surface area contributed by atoms with Crippen molar-refractivity contribution in [1.29, 1.82) is 0 Å². The first kappa shape index (κ1) is 22.9. The molecule has 0 bridgehead atoms. The maximum atomic E-state index is 12.9. The quantitative estimate of drug-likeness (QED) is 0.432. The molecule has 170 valence electrons. The molecule has 2 N–H and O–H groups in total. The highest BCUT2D eigenvalue weighted by Crippen LogP contribution is 2.41. The van der Waals surface area contributed by atoms with Gasteiger partial charge in [0.25, 0.3) is 5.91 Å². The Morgan fingerprint density at radius 2 is 1.70 bits per heavy atom. The van der Waals surface area contributed by atoms with Crippen LogP contribution in [0.4, 0.5) is 16.2 Å². The molecule has 3 aromatic rings. The van der Waals surface area contributed by atoms with Crippen molar-refractivity contribution in [1.82, 2.24) is 5.32 Å². The molecule has 1 aliphatic rings. The molecule has 0 aromatic heterocycles. The summed E-state index contributed by atoms with van der Waals surface area (Å²) in [5.74, 6) is -0.0535. The summed E-state index contributed by atoms with van der Waals surface area (Å²) in [6.07, 6.45) is 2.94. The fraction of sp³-hybridized carbons (Fsp3) is 0.259. The second kappa shape index (κ2) is 10.1. The zero-order valence-corrected chi connectivity index (χ0v) is 20.1. The number of amides is 3. The number of nitrogens with one attached hydrogen (secondary N) is 2. The third kappa shape index (κ3) is 5.57. The van der Waals surface area contributed by atoms with E-state index in [1.54, 1.807) is 23.7 Å². The number of carbonyl (C=O) groups is 2. The predicted molar refractivity (Wildman–Crippen MR) is 136 cm³/mol. The Morgan fingerprint density at radius 3 is 2.48 bits per heavy atom. The van der Waals surface area contributed by atoms with Crippen molar-refractivity contribution in [2.45, 2.75) is 42.9 Å². The highest BCUT2D eigenvalue weighted by molar-refractivity contribution is 7.99. The van der Waals surface area contributed by atoms with E-state index in [0.29, 0.717) is 17.8 Å². The van der Waals surface area contributed by atoms with Gasteiger partial charge in [-0.3, -0.25) is 4.79 Å². The average molecular weight is 460 g/mol. The van der Waals surface area contributed by atoms with Crippen molar-refractivity contribution in [2.24, 2.45) is 0 Å². The van der Waals surface area contributed by atoms with Gasteiger partial charge < -0.3 is 15.5 Å². The van der Waals surface area contributed by atoms with Gasteiger partial charge in [0.1, 0.15) is 0 Å². The van der Waals surface area contributed by atoms with Crippen molar-refractivity contribution in [3.63, 3.8) is 0 Å². The molecule has 6 heteroatoms. The molecule has 0 aliphatic carbocycles. The molecule has 3 amide bonds. The number of hydrogen-bond acceptors (Lipinski definition) is 3. The van der Waals surface area contributed by atoms with Crippen LogP contribution in [0.3, 0.4) is 0 Å². The highest BCUT2D eigenvalue weighted by Gasteiger charge is 2.24. The van der Waals surface area contributed by atoms with E-state index in [4.69, 9.17) is 0 Å². The van der Waals surface area contributed by atoms with E-state index >= 15 is 0 Å². The van der Waals surface area contributed by atoms with E-state index in [9.17, 15) is 9.59 Å². The van der Waals surface area contributed by atoms with Crippen LogP contribution >= 0.6 is 11.8 Å². The molecule has 0 fully saturated rings. The van der Waals surface area contributed by atoms with E-state index in [-0.39, 0.29) is 11.9 Å². The topological polar surface area (TPSA) is 61.4 Å². The standard InChI is InChI=1S/C27H29N3O2S/c1-18-14-19(2)16-20(15-18)8-6-7-13-28-27(32)29-21-11-12-25-23(17-21)30(3)26(31)22-9-4-5-10-24(22)33-25/h4-5,9-12,14-17H,6-8,13H2,1-3H3,(H2,28,29,32). The summed E-state index contributed by atoms with van der Waals surface area (Å²) in [6.45, 7) is 4.86. The van der Waals surface area contributed by atoms with Crippen LogP contribution in [0.15, 0.2) is 70.5 Å². The zero-order chi connectivity index (χ0) is 23.4. The van der Waals surface area contributed by atoms with Gasteiger partial charge in [-0.25, -0.2) is 4.79 Å². The average Bonchev–Trinajstić information content (AvgIpc) is 2.88. The van der Waals surface area contributed by atoms with Crippen LogP contribution < -0.4 is 15.5 Å². The van der Waals surface area contributed by atoms with Gasteiger partial charge >= 0.3 is 6.03 Å². The van der Waals surface area contributed by atoms with Crippen molar-refractivity contribution in [3.8, 4) is 0 Å². The number of carbonyl (C=O) groups excluding carboxylic acids is 2. The largest absolute Gasteiger partial charge is 0.338 e. The molecule has 0 unspecified atom stereocenters. The van der Waals surface area contributed by atoms with Gasteiger partial charge in [-0.1, -0.05) is 53.2 Å². The number of unbranched alkanes of at least 4 members (excludes halogenated alkanes) is 1. The lowest BCUT2D eigenvalue weighted by atomic mass is 10.0. The Morgan fingerprint density at radius 1 is 0.939 bits per heavy atom. The van der Waals surface area contributed by atoms with Gasteiger partial charge in [-0.2, -0.15) is 0 Å². The summed E-state index contributed by atoms with van der Waals surface area (Å²) >= 11 is 1.57. The second-order valence-electron chi connectivity index (χ2n) is 8.48. The fourth-order valence-electron chi connectivity index (χ4n) is 4.13. The summed E-state index contributed by atoms with van der Waals surface area (Å²) < 4.78 is 0. The number of nitrogens with zero attached hydrogens (tertiary/aromatic N) is 1. The summed E-state index contributed by atoms with van der Waals surface area (Å²) in [5.41, 5.74) is 6.06. The molecule has 3 aromatic carbocycles. The molecule has 0 spiro atoms. The second-order valence-corrected chi connectivity index (χ2v) is 9.56. The van der Waals surface area contributed by atoms with Crippen molar-refractivity contribution in [2.75, 3.05) is 23.8 Å².